The molecule has 0 bridgehead atoms. The molecule has 3 aromatic rings. The standard InChI is InChI=1S/C39H49NO11/c1-8-29(27-22-34(46-4)37(49-7)35(23-27)47-5)38(42)40-19-10-9-14-30(40)39(43)51-31(17-15-25-16-18-32(44-2)33(20-25)45-3)26-12-11-13-28(21-26)50-24-36(41)48-6/h11-13,16,18,20-23,29-31H,8-10,14-15,17,19,24H2,1-7H3/t29-,30-,31+/m0/s1. The smallest absolute Gasteiger partial charge is 0.343 e. The van der Waals surface area contributed by atoms with Crippen LogP contribution < -0.4 is 28.4 Å². The van der Waals surface area contributed by atoms with E-state index in [0.717, 1.165) is 18.4 Å². The summed E-state index contributed by atoms with van der Waals surface area (Å²) in [5.74, 6) is 1.22. The molecular weight excluding hydrogens is 658 g/mol. The summed E-state index contributed by atoms with van der Waals surface area (Å²) in [7, 11) is 9.03. The Kier molecular flexibility index (Phi) is 14.2. The number of piperidine rings is 1. The minimum atomic E-state index is -0.773. The number of rotatable bonds is 17. The average molecular weight is 708 g/mol. The maximum atomic E-state index is 14.3. The summed E-state index contributed by atoms with van der Waals surface area (Å²) in [5.41, 5.74) is 2.34. The highest BCUT2D eigenvalue weighted by molar-refractivity contribution is 5.89. The van der Waals surface area contributed by atoms with Gasteiger partial charge in [-0.3, -0.25) is 4.79 Å². The molecule has 0 aromatic heterocycles. The number of hydrogen-bond acceptors (Lipinski definition) is 11. The highest BCUT2D eigenvalue weighted by Crippen LogP contribution is 2.41. The Morgan fingerprint density at radius 3 is 2.12 bits per heavy atom. The van der Waals surface area contributed by atoms with Gasteiger partial charge in [-0.1, -0.05) is 25.1 Å². The van der Waals surface area contributed by atoms with Crippen molar-refractivity contribution in [1.29, 1.82) is 0 Å². The summed E-state index contributed by atoms with van der Waals surface area (Å²) in [5, 5.41) is 0. The van der Waals surface area contributed by atoms with Crippen molar-refractivity contribution in [3.05, 3.63) is 71.3 Å². The lowest BCUT2D eigenvalue weighted by atomic mass is 9.91. The van der Waals surface area contributed by atoms with Gasteiger partial charge in [0.2, 0.25) is 11.7 Å². The first-order valence-electron chi connectivity index (χ1n) is 17.0. The van der Waals surface area contributed by atoms with Crippen molar-refractivity contribution in [2.24, 2.45) is 0 Å². The van der Waals surface area contributed by atoms with Crippen LogP contribution in [0.4, 0.5) is 0 Å². The predicted octanol–water partition coefficient (Wildman–Crippen LogP) is 6.07. The minimum Gasteiger partial charge on any atom is -0.493 e. The highest BCUT2D eigenvalue weighted by atomic mass is 16.6. The quantitative estimate of drug-likeness (QED) is 0.152. The molecule has 0 spiro atoms. The third kappa shape index (κ3) is 9.56. The van der Waals surface area contributed by atoms with Gasteiger partial charge >= 0.3 is 11.9 Å². The van der Waals surface area contributed by atoms with Crippen LogP contribution >= 0.6 is 0 Å². The van der Waals surface area contributed by atoms with E-state index in [4.69, 9.17) is 37.9 Å². The number of hydrogen-bond donors (Lipinski definition) is 0. The van der Waals surface area contributed by atoms with Crippen LogP contribution in [0, 0.1) is 0 Å². The van der Waals surface area contributed by atoms with E-state index in [1.807, 2.05) is 31.2 Å². The van der Waals surface area contributed by atoms with E-state index in [9.17, 15) is 14.4 Å². The van der Waals surface area contributed by atoms with Crippen molar-refractivity contribution >= 4 is 17.8 Å². The zero-order valence-electron chi connectivity index (χ0n) is 30.5. The Morgan fingerprint density at radius 2 is 1.49 bits per heavy atom. The normalized spacial score (nSPS) is 15.2. The molecule has 1 heterocycles. The van der Waals surface area contributed by atoms with E-state index in [1.54, 1.807) is 49.5 Å². The molecule has 1 aliphatic heterocycles. The lowest BCUT2D eigenvalue weighted by Crippen LogP contribution is -2.50. The molecule has 276 valence electrons. The number of carbonyl (C=O) groups is 3. The van der Waals surface area contributed by atoms with Gasteiger partial charge in [-0.25, -0.2) is 9.59 Å². The lowest BCUT2D eigenvalue weighted by Gasteiger charge is -2.37. The van der Waals surface area contributed by atoms with E-state index in [1.165, 1.54) is 28.4 Å². The van der Waals surface area contributed by atoms with Gasteiger partial charge in [-0.15, -0.1) is 0 Å². The number of benzene rings is 3. The maximum Gasteiger partial charge on any atom is 0.343 e. The third-order valence-electron chi connectivity index (χ3n) is 9.07. The SMILES string of the molecule is CC[C@H](C(=O)N1CCCC[C@H]1C(=O)O[C@H](CCc1ccc(OC)c(OC)c1)c1cccc(OCC(=O)OC)c1)c1cc(OC)c(OC)c(OC)c1. The van der Waals surface area contributed by atoms with Gasteiger partial charge in [0.15, 0.2) is 29.6 Å². The van der Waals surface area contributed by atoms with Gasteiger partial charge in [0.05, 0.1) is 48.6 Å². The summed E-state index contributed by atoms with van der Waals surface area (Å²) in [4.78, 5) is 41.9. The van der Waals surface area contributed by atoms with Crippen molar-refractivity contribution < 1.29 is 52.3 Å². The molecule has 1 aliphatic rings. The largest absolute Gasteiger partial charge is 0.493 e. The highest BCUT2D eigenvalue weighted by Gasteiger charge is 2.38. The third-order valence-corrected chi connectivity index (χ3v) is 9.07. The van der Waals surface area contributed by atoms with Gasteiger partial charge in [0.1, 0.15) is 17.9 Å². The van der Waals surface area contributed by atoms with E-state index in [2.05, 4.69) is 0 Å². The summed E-state index contributed by atoms with van der Waals surface area (Å²) in [6.45, 7) is 2.09. The summed E-state index contributed by atoms with van der Waals surface area (Å²) in [6, 6.07) is 15.5. The Bertz CT molecular complexity index is 1620. The molecule has 12 nitrogen and oxygen atoms in total. The monoisotopic (exact) mass is 707 g/mol. The maximum absolute atomic E-state index is 14.3. The zero-order chi connectivity index (χ0) is 36.9. The van der Waals surface area contributed by atoms with Crippen LogP contribution in [0.2, 0.25) is 0 Å². The molecule has 4 rings (SSSR count). The summed E-state index contributed by atoms with van der Waals surface area (Å²) < 4.78 is 44.1. The van der Waals surface area contributed by atoms with Gasteiger partial charge in [-0.05, 0) is 91.6 Å². The second-order valence-electron chi connectivity index (χ2n) is 12.1. The topological polar surface area (TPSA) is 128 Å². The Hall–Kier alpha value is -5.13. The molecule has 12 heteroatoms. The fraction of sp³-hybridized carbons (Fsp3) is 0.462. The van der Waals surface area contributed by atoms with Crippen LogP contribution in [0.3, 0.4) is 0 Å². The second kappa shape index (κ2) is 18.7. The van der Waals surface area contributed by atoms with Crippen LogP contribution in [0.15, 0.2) is 54.6 Å². The molecule has 0 saturated carbocycles. The molecule has 1 amide bonds. The lowest BCUT2D eigenvalue weighted by molar-refractivity contribution is -0.162. The van der Waals surface area contributed by atoms with E-state index < -0.39 is 30.0 Å². The minimum absolute atomic E-state index is 0.173. The van der Waals surface area contributed by atoms with Crippen LogP contribution in [-0.2, 0) is 30.3 Å². The number of carbonyl (C=O) groups excluding carboxylic acids is 3. The fourth-order valence-corrected chi connectivity index (χ4v) is 6.35. The van der Waals surface area contributed by atoms with Crippen LogP contribution in [0.1, 0.15) is 67.7 Å². The number of methoxy groups -OCH3 is 6. The predicted molar refractivity (Wildman–Crippen MR) is 189 cm³/mol. The Morgan fingerprint density at radius 1 is 0.784 bits per heavy atom. The first-order valence-corrected chi connectivity index (χ1v) is 17.0. The van der Waals surface area contributed by atoms with Crippen molar-refractivity contribution in [2.75, 3.05) is 55.8 Å². The molecule has 51 heavy (non-hydrogen) atoms. The summed E-state index contributed by atoms with van der Waals surface area (Å²) in [6.07, 6.45) is 2.77. The Balaban J connectivity index is 1.62. The molecule has 0 unspecified atom stereocenters. The molecule has 1 saturated heterocycles. The first-order chi connectivity index (χ1) is 24.7. The molecular formula is C39H49NO11. The number of nitrogens with zero attached hydrogens (tertiary/aromatic N) is 1. The van der Waals surface area contributed by atoms with Gasteiger partial charge in [0, 0.05) is 6.54 Å². The van der Waals surface area contributed by atoms with E-state index >= 15 is 0 Å². The summed E-state index contributed by atoms with van der Waals surface area (Å²) >= 11 is 0. The van der Waals surface area contributed by atoms with E-state index in [-0.39, 0.29) is 12.5 Å². The molecule has 0 radical (unpaired) electrons. The van der Waals surface area contributed by atoms with Gasteiger partial charge < -0.3 is 42.8 Å². The fourth-order valence-electron chi connectivity index (χ4n) is 6.35. The van der Waals surface area contributed by atoms with Crippen LogP contribution in [0.25, 0.3) is 0 Å². The van der Waals surface area contributed by atoms with E-state index in [0.29, 0.717) is 77.9 Å². The van der Waals surface area contributed by atoms with Crippen molar-refractivity contribution in [3.8, 4) is 34.5 Å². The second-order valence-corrected chi connectivity index (χ2v) is 12.1. The zero-order valence-corrected chi connectivity index (χ0v) is 30.5. The number of aryl methyl sites for hydroxylation is 1. The molecule has 1 fully saturated rings. The van der Waals surface area contributed by atoms with Crippen molar-refractivity contribution in [1.82, 2.24) is 4.90 Å². The number of esters is 2. The van der Waals surface area contributed by atoms with Gasteiger partial charge in [-0.2, -0.15) is 0 Å². The van der Waals surface area contributed by atoms with Crippen molar-refractivity contribution in [2.45, 2.75) is 63.5 Å². The van der Waals surface area contributed by atoms with Crippen LogP contribution in [0.5, 0.6) is 34.5 Å². The molecule has 3 atom stereocenters. The molecule has 3 aromatic carbocycles. The molecule has 0 N–H and O–H groups in total. The van der Waals surface area contributed by atoms with Crippen molar-refractivity contribution in [3.63, 3.8) is 0 Å². The first kappa shape index (κ1) is 38.7. The number of ether oxygens (including phenoxy) is 8. The van der Waals surface area contributed by atoms with Crippen LogP contribution in [-0.4, -0.2) is 84.6 Å². The Labute approximate surface area is 299 Å². The number of amides is 1. The van der Waals surface area contributed by atoms with Gasteiger partial charge in [0.25, 0.3) is 0 Å². The number of likely N-dealkylation sites (tertiary alicyclic amines) is 1. The average Bonchev–Trinajstić information content (AvgIpc) is 3.17. The molecule has 0 aliphatic carbocycles.